The number of nitrogens with one attached hydrogen (secondary N) is 1. The molecule has 12 heteroatoms. The van der Waals surface area contributed by atoms with Crippen LogP contribution in [-0.2, 0) is 13.1 Å². The number of carbonyl (C=O) groups is 1. The molecule has 3 aromatic rings. The molecule has 1 aromatic heterocycles. The molecular formula is C32H44Cl2N6O3S. The van der Waals surface area contributed by atoms with E-state index in [4.69, 9.17) is 43.4 Å². The van der Waals surface area contributed by atoms with Crippen molar-refractivity contribution in [2.45, 2.75) is 78.6 Å². The summed E-state index contributed by atoms with van der Waals surface area (Å²) in [6.45, 7) is 8.46. The van der Waals surface area contributed by atoms with Crippen LogP contribution < -0.4 is 30.3 Å². The number of urea groups is 1. The number of benzene rings is 2. The van der Waals surface area contributed by atoms with E-state index < -0.39 is 0 Å². The van der Waals surface area contributed by atoms with E-state index in [0.717, 1.165) is 36.8 Å². The highest BCUT2D eigenvalue weighted by atomic mass is 35.5. The van der Waals surface area contributed by atoms with E-state index >= 15 is 0 Å². The van der Waals surface area contributed by atoms with Crippen molar-refractivity contribution in [2.24, 2.45) is 5.73 Å². The quantitative estimate of drug-likeness (QED) is 0.243. The van der Waals surface area contributed by atoms with Crippen LogP contribution in [0.3, 0.4) is 0 Å². The van der Waals surface area contributed by atoms with E-state index in [-0.39, 0.29) is 34.7 Å². The van der Waals surface area contributed by atoms with Gasteiger partial charge in [-0.2, -0.15) is 4.98 Å². The lowest BCUT2D eigenvalue weighted by molar-refractivity contribution is 0.249. The second-order valence-corrected chi connectivity index (χ2v) is 10.2. The fourth-order valence-corrected chi connectivity index (χ4v) is 5.69. The molecule has 2 heterocycles. The van der Waals surface area contributed by atoms with Crippen molar-refractivity contribution in [3.05, 3.63) is 63.8 Å². The lowest BCUT2D eigenvalue weighted by Crippen LogP contribution is -2.48. The standard InChI is InChI=1S/C27H30Cl2N6O3.2C2H6.CH2S/c1-37-20-12-21(38-2)23(29)24(22(20)28)34-15-17-13-31-26(32-19-11-7-6-10-18(19)30)33-25(17)35(27(34)36)14-16-8-4-3-5-9-16;3*1-2/h3-5,8-9,12-13,18-19H,6-7,10-11,14-15,30H2,1-2H3,(H,31,32,33);2*1-2H3;1H2. The van der Waals surface area contributed by atoms with E-state index in [1.807, 2.05) is 58.0 Å². The highest BCUT2D eigenvalue weighted by molar-refractivity contribution is 7.77. The summed E-state index contributed by atoms with van der Waals surface area (Å²) in [6.07, 6.45) is 5.88. The first-order chi connectivity index (χ1) is 21.4. The fraction of sp³-hybridized carbons (Fsp3) is 0.438. The number of ether oxygens (including phenoxy) is 2. The van der Waals surface area contributed by atoms with Gasteiger partial charge in [0, 0.05) is 29.9 Å². The highest BCUT2D eigenvalue weighted by Gasteiger charge is 2.37. The summed E-state index contributed by atoms with van der Waals surface area (Å²) in [5, 5.41) is 3.81. The molecule has 2 unspecified atom stereocenters. The Morgan fingerprint density at radius 2 is 1.61 bits per heavy atom. The molecule has 2 atom stereocenters. The molecule has 0 spiro atoms. The van der Waals surface area contributed by atoms with Crippen molar-refractivity contribution in [3.63, 3.8) is 0 Å². The normalized spacial score (nSPS) is 17.0. The van der Waals surface area contributed by atoms with Gasteiger partial charge in [0.2, 0.25) is 5.95 Å². The first-order valence-electron chi connectivity index (χ1n) is 14.8. The molecule has 1 aliphatic carbocycles. The van der Waals surface area contributed by atoms with Crippen molar-refractivity contribution < 1.29 is 14.3 Å². The number of nitrogens with zero attached hydrogens (tertiary/aromatic N) is 4. The van der Waals surface area contributed by atoms with Gasteiger partial charge in [0.1, 0.15) is 27.4 Å². The Morgan fingerprint density at radius 3 is 2.18 bits per heavy atom. The van der Waals surface area contributed by atoms with Gasteiger partial charge in [-0.1, -0.05) is 106 Å². The van der Waals surface area contributed by atoms with Gasteiger partial charge in [-0.15, -0.1) is 0 Å². The van der Waals surface area contributed by atoms with Crippen LogP contribution in [0.4, 0.5) is 22.2 Å². The Bertz CT molecular complexity index is 1320. The summed E-state index contributed by atoms with van der Waals surface area (Å²) < 4.78 is 10.9. The zero-order chi connectivity index (χ0) is 32.8. The summed E-state index contributed by atoms with van der Waals surface area (Å²) >= 11 is 17.2. The molecule has 3 N–H and O–H groups in total. The topological polar surface area (TPSA) is 106 Å². The van der Waals surface area contributed by atoms with Gasteiger partial charge in [0.05, 0.1) is 33.0 Å². The zero-order valence-corrected chi connectivity index (χ0v) is 28.7. The average Bonchev–Trinajstić information content (AvgIpc) is 3.07. The number of hydrogen-bond acceptors (Lipinski definition) is 8. The lowest BCUT2D eigenvalue weighted by atomic mass is 9.91. The molecular weight excluding hydrogens is 619 g/mol. The minimum Gasteiger partial charge on any atom is -0.495 e. The smallest absolute Gasteiger partial charge is 0.330 e. The third-order valence-corrected chi connectivity index (χ3v) is 7.76. The first-order valence-corrected chi connectivity index (χ1v) is 16.1. The molecule has 0 bridgehead atoms. The van der Waals surface area contributed by atoms with Crippen molar-refractivity contribution >= 4 is 64.8 Å². The summed E-state index contributed by atoms with van der Waals surface area (Å²) in [6, 6.07) is 11.1. The molecule has 1 aliphatic heterocycles. The molecule has 9 nitrogen and oxygen atoms in total. The third kappa shape index (κ3) is 8.50. The molecule has 2 amide bonds. The van der Waals surface area contributed by atoms with Crippen LogP contribution in [0.2, 0.25) is 10.0 Å². The second kappa shape index (κ2) is 18.6. The van der Waals surface area contributed by atoms with Gasteiger partial charge >= 0.3 is 6.03 Å². The van der Waals surface area contributed by atoms with Gasteiger partial charge in [0.15, 0.2) is 0 Å². The Kier molecular flexibility index (Phi) is 15.6. The van der Waals surface area contributed by atoms with Crippen LogP contribution in [0.15, 0.2) is 42.6 Å². The molecule has 44 heavy (non-hydrogen) atoms. The zero-order valence-electron chi connectivity index (χ0n) is 26.4. The van der Waals surface area contributed by atoms with Crippen molar-refractivity contribution in [2.75, 3.05) is 29.3 Å². The number of aromatic nitrogens is 2. The maximum atomic E-state index is 14.1. The fourth-order valence-electron chi connectivity index (χ4n) is 4.98. The SMILES string of the molecule is C=S.CC.CC.COc1cc(OC)c(Cl)c(N2Cc3cnc(NC4CCCCC4N)nc3N(Cc3ccccc3)C2=O)c1Cl. The number of amides is 2. The Morgan fingerprint density at radius 1 is 1.02 bits per heavy atom. The molecule has 2 aromatic carbocycles. The molecule has 5 rings (SSSR count). The van der Waals surface area contributed by atoms with Crippen molar-refractivity contribution in [1.29, 1.82) is 0 Å². The van der Waals surface area contributed by atoms with Gasteiger partial charge < -0.3 is 20.5 Å². The minimum absolute atomic E-state index is 0.0354. The summed E-state index contributed by atoms with van der Waals surface area (Å²) in [5.74, 6) is 4.50. The Labute approximate surface area is 277 Å². The number of methoxy groups -OCH3 is 2. The number of hydrogen-bond donors (Lipinski definition) is 2. The van der Waals surface area contributed by atoms with Crippen LogP contribution in [0, 0.1) is 0 Å². The van der Waals surface area contributed by atoms with Gasteiger partial charge in [-0.3, -0.25) is 9.80 Å². The predicted octanol–water partition coefficient (Wildman–Crippen LogP) is 8.30. The number of halogens is 2. The number of thiocarbonyl (C=S) groups is 1. The second-order valence-electron chi connectivity index (χ2n) is 9.44. The number of nitrogens with two attached hydrogens (primary N) is 1. The predicted molar refractivity (Wildman–Crippen MR) is 187 cm³/mol. The van der Waals surface area contributed by atoms with Crippen LogP contribution in [0.1, 0.15) is 64.5 Å². The highest BCUT2D eigenvalue weighted by Crippen LogP contribution is 2.48. The monoisotopic (exact) mass is 662 g/mol. The maximum absolute atomic E-state index is 14.1. The average molecular weight is 664 g/mol. The molecule has 0 saturated heterocycles. The summed E-state index contributed by atoms with van der Waals surface area (Å²) in [7, 11) is 2.99. The van der Waals surface area contributed by atoms with Gasteiger partial charge in [-0.05, 0) is 24.3 Å². The van der Waals surface area contributed by atoms with E-state index in [2.05, 4.69) is 28.4 Å². The van der Waals surface area contributed by atoms with Crippen molar-refractivity contribution in [1.82, 2.24) is 9.97 Å². The molecule has 240 valence electrons. The molecule has 2 aliphatic rings. The maximum Gasteiger partial charge on any atom is 0.330 e. The van der Waals surface area contributed by atoms with Gasteiger partial charge in [-0.25, -0.2) is 9.78 Å². The number of anilines is 3. The summed E-state index contributed by atoms with van der Waals surface area (Å²) in [5.41, 5.74) is 8.32. The minimum atomic E-state index is -0.334. The van der Waals surface area contributed by atoms with Crippen LogP contribution in [0.25, 0.3) is 0 Å². The van der Waals surface area contributed by atoms with E-state index in [1.165, 1.54) is 19.1 Å². The van der Waals surface area contributed by atoms with E-state index in [9.17, 15) is 4.79 Å². The van der Waals surface area contributed by atoms with E-state index in [0.29, 0.717) is 35.5 Å². The van der Waals surface area contributed by atoms with Crippen molar-refractivity contribution in [3.8, 4) is 11.5 Å². The summed E-state index contributed by atoms with van der Waals surface area (Å²) in [4.78, 5) is 26.6. The van der Waals surface area contributed by atoms with Gasteiger partial charge in [0.25, 0.3) is 0 Å². The Balaban J connectivity index is 0.00000106. The molecule has 1 saturated carbocycles. The first kappa shape index (κ1) is 37.0. The van der Waals surface area contributed by atoms with Crippen LogP contribution in [0.5, 0.6) is 11.5 Å². The van der Waals surface area contributed by atoms with E-state index in [1.54, 1.807) is 17.2 Å². The molecule has 1 fully saturated rings. The van der Waals surface area contributed by atoms with Crippen LogP contribution in [-0.4, -0.2) is 48.2 Å². The van der Waals surface area contributed by atoms with Crippen LogP contribution >= 0.6 is 35.4 Å². The Hall–Kier alpha value is -3.18. The number of fused-ring (bicyclic) bond motifs is 1. The number of carbonyl (C=O) groups excluding carboxylic acids is 1. The third-order valence-electron chi connectivity index (χ3n) is 7.03. The molecule has 0 radical (unpaired) electrons. The largest absolute Gasteiger partial charge is 0.495 e. The lowest BCUT2D eigenvalue weighted by Gasteiger charge is -2.37. The number of rotatable bonds is 7.